The standard InChI is InChI=1S/C19H24N6O2/c1-12-20-10-16-18(15-7-6-14(27-3)9-17(15)26)22-23-19(25(12)16)21-13-5-4-8-24(2)11-13/h6-7,9-10,13,26H,4-5,8,11H2,1-3H3,(H,21,23)/t13-/m1/s1. The predicted octanol–water partition coefficient (Wildman–Crippen LogP) is 2.32. The minimum Gasteiger partial charge on any atom is -0.507 e. The third-order valence-corrected chi connectivity index (χ3v) is 5.06. The Morgan fingerprint density at radius 1 is 1.30 bits per heavy atom. The number of nitrogens with one attached hydrogen (secondary N) is 1. The topological polar surface area (TPSA) is 87.8 Å². The van der Waals surface area contributed by atoms with Gasteiger partial charge < -0.3 is 20.1 Å². The van der Waals surface area contributed by atoms with Crippen molar-refractivity contribution < 1.29 is 9.84 Å². The molecule has 2 N–H and O–H groups in total. The Labute approximate surface area is 157 Å². The molecule has 0 radical (unpaired) electrons. The lowest BCUT2D eigenvalue weighted by Crippen LogP contribution is -2.40. The SMILES string of the molecule is COc1ccc(-c2nnc(N[C@@H]3CCCN(C)C3)n3c(C)ncc23)c(O)c1. The number of piperidine rings is 1. The molecule has 8 nitrogen and oxygen atoms in total. The highest BCUT2D eigenvalue weighted by atomic mass is 16.5. The molecule has 3 aromatic rings. The molecule has 1 aromatic carbocycles. The summed E-state index contributed by atoms with van der Waals surface area (Å²) < 4.78 is 7.12. The summed E-state index contributed by atoms with van der Waals surface area (Å²) in [6.45, 7) is 4.03. The van der Waals surface area contributed by atoms with E-state index in [1.54, 1.807) is 31.5 Å². The van der Waals surface area contributed by atoms with Crippen LogP contribution in [0, 0.1) is 6.92 Å². The first kappa shape index (κ1) is 17.5. The van der Waals surface area contributed by atoms with Gasteiger partial charge in [0.2, 0.25) is 5.95 Å². The number of phenols is 1. The van der Waals surface area contributed by atoms with Gasteiger partial charge in [0.1, 0.15) is 23.0 Å². The number of rotatable bonds is 4. The monoisotopic (exact) mass is 368 g/mol. The maximum absolute atomic E-state index is 10.4. The van der Waals surface area contributed by atoms with Crippen LogP contribution in [0.15, 0.2) is 24.4 Å². The maximum Gasteiger partial charge on any atom is 0.229 e. The highest BCUT2D eigenvalue weighted by Gasteiger charge is 2.21. The number of hydrogen-bond acceptors (Lipinski definition) is 7. The number of imidazole rings is 1. The van der Waals surface area contributed by atoms with E-state index in [4.69, 9.17) is 4.74 Å². The Morgan fingerprint density at radius 2 is 2.15 bits per heavy atom. The summed E-state index contributed by atoms with van der Waals surface area (Å²) in [7, 11) is 3.70. The Morgan fingerprint density at radius 3 is 2.89 bits per heavy atom. The zero-order valence-electron chi connectivity index (χ0n) is 15.8. The molecule has 142 valence electrons. The summed E-state index contributed by atoms with van der Waals surface area (Å²) in [5.41, 5.74) is 1.98. The van der Waals surface area contributed by atoms with E-state index in [9.17, 15) is 5.11 Å². The molecule has 1 saturated heterocycles. The van der Waals surface area contributed by atoms with Crippen LogP contribution in [0.1, 0.15) is 18.7 Å². The van der Waals surface area contributed by atoms with Crippen LogP contribution in [0.3, 0.4) is 0 Å². The number of aryl methyl sites for hydroxylation is 1. The van der Waals surface area contributed by atoms with E-state index in [-0.39, 0.29) is 5.75 Å². The molecular weight excluding hydrogens is 344 g/mol. The Bertz CT molecular complexity index is 970. The lowest BCUT2D eigenvalue weighted by atomic mass is 10.1. The van der Waals surface area contributed by atoms with Crippen molar-refractivity contribution in [3.05, 3.63) is 30.2 Å². The molecule has 2 aromatic heterocycles. The molecule has 1 aliphatic heterocycles. The summed E-state index contributed by atoms with van der Waals surface area (Å²) in [6.07, 6.45) is 4.02. The summed E-state index contributed by atoms with van der Waals surface area (Å²) >= 11 is 0. The van der Waals surface area contributed by atoms with Gasteiger partial charge in [0.25, 0.3) is 0 Å². The van der Waals surface area contributed by atoms with Crippen LogP contribution in [-0.4, -0.2) is 62.9 Å². The maximum atomic E-state index is 10.4. The molecule has 0 spiro atoms. The largest absolute Gasteiger partial charge is 0.507 e. The van der Waals surface area contributed by atoms with E-state index in [0.717, 1.165) is 37.3 Å². The van der Waals surface area contributed by atoms with Crippen molar-refractivity contribution in [2.45, 2.75) is 25.8 Å². The number of hydrogen-bond donors (Lipinski definition) is 2. The highest BCUT2D eigenvalue weighted by molar-refractivity contribution is 5.81. The van der Waals surface area contributed by atoms with Crippen molar-refractivity contribution in [3.8, 4) is 22.8 Å². The molecule has 1 fully saturated rings. The van der Waals surface area contributed by atoms with Crippen LogP contribution in [0.4, 0.5) is 5.95 Å². The molecule has 3 heterocycles. The first-order valence-corrected chi connectivity index (χ1v) is 9.10. The van der Waals surface area contributed by atoms with Gasteiger partial charge in [0.05, 0.1) is 18.8 Å². The fraction of sp³-hybridized carbons (Fsp3) is 0.421. The minimum atomic E-state index is 0.0963. The van der Waals surface area contributed by atoms with E-state index >= 15 is 0 Å². The zero-order valence-corrected chi connectivity index (χ0v) is 15.8. The van der Waals surface area contributed by atoms with E-state index in [1.165, 1.54) is 0 Å². The quantitative estimate of drug-likeness (QED) is 0.731. The van der Waals surface area contributed by atoms with Gasteiger partial charge in [-0.1, -0.05) is 0 Å². The van der Waals surface area contributed by atoms with Gasteiger partial charge in [-0.05, 0) is 45.5 Å². The number of likely N-dealkylation sites (N-methyl/N-ethyl adjacent to an activating group) is 1. The van der Waals surface area contributed by atoms with Crippen molar-refractivity contribution in [2.75, 3.05) is 32.6 Å². The Balaban J connectivity index is 1.75. The Kier molecular flexibility index (Phi) is 4.57. The molecule has 1 atom stereocenters. The average Bonchev–Trinajstić information content (AvgIpc) is 3.05. The second-order valence-electron chi connectivity index (χ2n) is 7.03. The van der Waals surface area contributed by atoms with Crippen LogP contribution in [-0.2, 0) is 0 Å². The number of likely N-dealkylation sites (tertiary alicyclic amines) is 1. The molecule has 4 rings (SSSR count). The number of nitrogens with zero attached hydrogens (tertiary/aromatic N) is 5. The number of methoxy groups -OCH3 is 1. The van der Waals surface area contributed by atoms with E-state index < -0.39 is 0 Å². The van der Waals surface area contributed by atoms with Crippen molar-refractivity contribution >= 4 is 11.5 Å². The zero-order chi connectivity index (χ0) is 19.0. The van der Waals surface area contributed by atoms with E-state index in [2.05, 4.69) is 32.4 Å². The van der Waals surface area contributed by atoms with Crippen LogP contribution >= 0.6 is 0 Å². The van der Waals surface area contributed by atoms with Gasteiger partial charge in [-0.2, -0.15) is 0 Å². The van der Waals surface area contributed by atoms with Gasteiger partial charge in [0, 0.05) is 24.2 Å². The van der Waals surface area contributed by atoms with E-state index in [1.807, 2.05) is 11.3 Å². The second kappa shape index (κ2) is 7.03. The third kappa shape index (κ3) is 3.28. The van der Waals surface area contributed by atoms with Crippen LogP contribution < -0.4 is 10.1 Å². The van der Waals surface area contributed by atoms with Crippen LogP contribution in [0.25, 0.3) is 16.8 Å². The van der Waals surface area contributed by atoms with Crippen molar-refractivity contribution in [1.29, 1.82) is 0 Å². The number of fused-ring (bicyclic) bond motifs is 1. The summed E-state index contributed by atoms with van der Waals surface area (Å²) in [5.74, 6) is 2.18. The molecule has 0 amide bonds. The number of phenolic OH excluding ortho intramolecular Hbond substituents is 1. The molecular formula is C19H24N6O2. The molecule has 0 unspecified atom stereocenters. The number of aromatic hydroxyl groups is 1. The van der Waals surface area contributed by atoms with Gasteiger partial charge >= 0.3 is 0 Å². The number of ether oxygens (including phenoxy) is 1. The normalized spacial score (nSPS) is 18.0. The molecule has 0 saturated carbocycles. The first-order chi connectivity index (χ1) is 13.1. The smallest absolute Gasteiger partial charge is 0.229 e. The van der Waals surface area contributed by atoms with Crippen molar-refractivity contribution in [3.63, 3.8) is 0 Å². The lowest BCUT2D eigenvalue weighted by Gasteiger charge is -2.30. The molecule has 27 heavy (non-hydrogen) atoms. The molecule has 8 heteroatoms. The number of anilines is 1. The second-order valence-corrected chi connectivity index (χ2v) is 7.03. The van der Waals surface area contributed by atoms with Gasteiger partial charge in [-0.25, -0.2) is 4.98 Å². The Hall–Kier alpha value is -2.87. The number of aromatic nitrogens is 4. The van der Waals surface area contributed by atoms with E-state index in [0.29, 0.717) is 29.0 Å². The van der Waals surface area contributed by atoms with Gasteiger partial charge in [-0.15, -0.1) is 10.2 Å². The summed E-state index contributed by atoms with van der Waals surface area (Å²) in [5, 5.41) is 22.7. The van der Waals surface area contributed by atoms with Crippen molar-refractivity contribution in [2.24, 2.45) is 0 Å². The van der Waals surface area contributed by atoms with Crippen LogP contribution in [0.2, 0.25) is 0 Å². The molecule has 1 aliphatic rings. The first-order valence-electron chi connectivity index (χ1n) is 9.10. The summed E-state index contributed by atoms with van der Waals surface area (Å²) in [4.78, 5) is 6.76. The van der Waals surface area contributed by atoms with Gasteiger partial charge in [0.15, 0.2) is 0 Å². The fourth-order valence-corrected chi connectivity index (χ4v) is 3.66. The minimum absolute atomic E-state index is 0.0963. The van der Waals surface area contributed by atoms with Crippen molar-refractivity contribution in [1.82, 2.24) is 24.5 Å². The number of benzene rings is 1. The van der Waals surface area contributed by atoms with Gasteiger partial charge in [-0.3, -0.25) is 4.40 Å². The van der Waals surface area contributed by atoms with Crippen LogP contribution in [0.5, 0.6) is 11.5 Å². The fourth-order valence-electron chi connectivity index (χ4n) is 3.66. The average molecular weight is 368 g/mol. The molecule has 0 bridgehead atoms. The summed E-state index contributed by atoms with van der Waals surface area (Å²) in [6, 6.07) is 5.47. The lowest BCUT2D eigenvalue weighted by molar-refractivity contribution is 0.260. The highest BCUT2D eigenvalue weighted by Crippen LogP contribution is 2.34. The third-order valence-electron chi connectivity index (χ3n) is 5.06. The molecule has 0 aliphatic carbocycles. The predicted molar refractivity (Wildman–Crippen MR) is 103 cm³/mol.